The second kappa shape index (κ2) is 10.3. The van der Waals surface area contributed by atoms with Crippen molar-refractivity contribution in [3.8, 4) is 6.19 Å². The third-order valence-corrected chi connectivity index (χ3v) is 6.28. The van der Waals surface area contributed by atoms with E-state index in [9.17, 15) is 0 Å². The summed E-state index contributed by atoms with van der Waals surface area (Å²) in [5.74, 6) is 1.33. The molecule has 1 aromatic rings. The first-order valence-electron chi connectivity index (χ1n) is 9.97. The maximum Gasteiger partial charge on any atom is 0.212 e. The van der Waals surface area contributed by atoms with Gasteiger partial charge in [0.2, 0.25) is 5.96 Å². The van der Waals surface area contributed by atoms with E-state index in [1.165, 1.54) is 25.9 Å². The quantitative estimate of drug-likeness (QED) is 0.348. The number of rotatable bonds is 4. The molecule has 1 aromatic carbocycles. The molecule has 0 saturated carbocycles. The molecule has 1 atom stereocenters. The van der Waals surface area contributed by atoms with Crippen LogP contribution in [-0.2, 0) is 0 Å². The first-order valence-corrected chi connectivity index (χ1v) is 10.7. The molecule has 0 bridgehead atoms. The third kappa shape index (κ3) is 5.74. The number of benzene rings is 1. The van der Waals surface area contributed by atoms with E-state index in [4.69, 9.17) is 28.5 Å². The lowest BCUT2D eigenvalue weighted by Crippen LogP contribution is -2.53. The van der Waals surface area contributed by atoms with Crippen LogP contribution in [0, 0.1) is 17.4 Å². The summed E-state index contributed by atoms with van der Waals surface area (Å²) in [6.07, 6.45) is 4.64. The second-order valence-electron chi connectivity index (χ2n) is 7.46. The Morgan fingerprint density at radius 1 is 1.18 bits per heavy atom. The van der Waals surface area contributed by atoms with Gasteiger partial charge in [-0.05, 0) is 50.0 Å². The molecule has 0 aliphatic carbocycles. The predicted octanol–water partition coefficient (Wildman–Crippen LogP) is 3.40. The molecule has 0 aromatic heterocycles. The largest absolute Gasteiger partial charge is 0.339 e. The van der Waals surface area contributed by atoms with Crippen LogP contribution >= 0.6 is 23.2 Å². The molecule has 28 heavy (non-hydrogen) atoms. The van der Waals surface area contributed by atoms with Crippen LogP contribution in [0.25, 0.3) is 0 Å². The van der Waals surface area contributed by atoms with Crippen LogP contribution in [0.15, 0.2) is 23.2 Å². The number of likely N-dealkylation sites (tertiary alicyclic amines) is 1. The average Bonchev–Trinajstić information content (AvgIpc) is 2.71. The topological polar surface area (TPSA) is 57.9 Å². The number of hydrogen-bond acceptors (Lipinski definition) is 4. The van der Waals surface area contributed by atoms with Crippen molar-refractivity contribution >= 4 is 34.8 Å². The summed E-state index contributed by atoms with van der Waals surface area (Å²) in [6, 6.07) is 5.22. The lowest BCUT2D eigenvalue weighted by atomic mass is 9.97. The molecule has 3 rings (SSSR count). The predicted molar refractivity (Wildman–Crippen MR) is 115 cm³/mol. The highest BCUT2D eigenvalue weighted by atomic mass is 35.5. The van der Waals surface area contributed by atoms with Gasteiger partial charge < -0.3 is 9.80 Å². The molecule has 2 aliphatic rings. The molecule has 152 valence electrons. The average molecular weight is 423 g/mol. The molecule has 0 spiro atoms. The van der Waals surface area contributed by atoms with Crippen molar-refractivity contribution in [2.45, 2.75) is 19.8 Å². The van der Waals surface area contributed by atoms with Crippen molar-refractivity contribution in [1.82, 2.24) is 20.0 Å². The Kier molecular flexibility index (Phi) is 7.81. The zero-order chi connectivity index (χ0) is 19.9. The molecule has 1 N–H and O–H groups in total. The molecule has 6 nitrogen and oxygen atoms in total. The summed E-state index contributed by atoms with van der Waals surface area (Å²) in [4.78, 5) is 11.8. The third-order valence-electron chi connectivity index (χ3n) is 5.54. The Hall–Kier alpha value is -1.52. The Bertz CT molecular complexity index is 724. The van der Waals surface area contributed by atoms with E-state index in [1.54, 1.807) is 18.2 Å². The maximum atomic E-state index is 9.13. The standard InChI is InChI=1S/C20H28Cl2N6/c1-2-26-7-3-4-16(13-26)14-27-8-10-28(11-9-27)20(24-15-23)25-17-5-6-18(21)19(22)12-17/h5-6,12,16H,2-4,7-11,13-14H2,1H3,(H,24,25)/t16-/m1/s1. The first-order chi connectivity index (χ1) is 13.6. The number of guanidine groups is 1. The summed E-state index contributed by atoms with van der Waals surface area (Å²) in [5, 5.41) is 12.8. The number of aliphatic imine (C=N–C) groups is 1. The molecular weight excluding hydrogens is 395 g/mol. The van der Waals surface area contributed by atoms with Gasteiger partial charge in [-0.3, -0.25) is 10.2 Å². The minimum Gasteiger partial charge on any atom is -0.339 e. The minimum atomic E-state index is 0.456. The Morgan fingerprint density at radius 2 is 1.96 bits per heavy atom. The fourth-order valence-electron chi connectivity index (χ4n) is 4.00. The van der Waals surface area contributed by atoms with Crippen LogP contribution in [-0.4, -0.2) is 73.0 Å². The van der Waals surface area contributed by atoms with Gasteiger partial charge in [0.1, 0.15) is 0 Å². The number of nitriles is 1. The van der Waals surface area contributed by atoms with Gasteiger partial charge in [-0.1, -0.05) is 30.1 Å². The zero-order valence-electron chi connectivity index (χ0n) is 16.4. The van der Waals surface area contributed by atoms with Crippen molar-refractivity contribution in [2.75, 3.05) is 52.4 Å². The van der Waals surface area contributed by atoms with Gasteiger partial charge in [0.15, 0.2) is 6.19 Å². The van der Waals surface area contributed by atoms with E-state index in [1.807, 2.05) is 6.19 Å². The minimum absolute atomic E-state index is 0.456. The van der Waals surface area contributed by atoms with Crippen molar-refractivity contribution in [2.24, 2.45) is 10.9 Å². The van der Waals surface area contributed by atoms with E-state index in [0.717, 1.165) is 45.2 Å². The lowest BCUT2D eigenvalue weighted by Gasteiger charge is -2.39. The Labute approximate surface area is 177 Å². The van der Waals surface area contributed by atoms with E-state index >= 15 is 0 Å². The molecule has 2 heterocycles. The highest BCUT2D eigenvalue weighted by Crippen LogP contribution is 2.27. The second-order valence-corrected chi connectivity index (χ2v) is 8.27. The fraction of sp³-hybridized carbons (Fsp3) is 0.600. The number of halogens is 2. The Morgan fingerprint density at radius 3 is 2.64 bits per heavy atom. The van der Waals surface area contributed by atoms with Crippen molar-refractivity contribution in [1.29, 1.82) is 5.26 Å². The molecule has 0 unspecified atom stereocenters. The van der Waals surface area contributed by atoms with E-state index in [2.05, 4.69) is 31.9 Å². The van der Waals surface area contributed by atoms with Crippen LogP contribution in [0.5, 0.6) is 0 Å². The van der Waals surface area contributed by atoms with Crippen LogP contribution in [0.3, 0.4) is 0 Å². The van der Waals surface area contributed by atoms with E-state index in [-0.39, 0.29) is 0 Å². The lowest BCUT2D eigenvalue weighted by molar-refractivity contribution is 0.112. The molecule has 2 aliphatic heterocycles. The van der Waals surface area contributed by atoms with E-state index in [0.29, 0.717) is 21.7 Å². The monoisotopic (exact) mass is 422 g/mol. The van der Waals surface area contributed by atoms with Crippen LogP contribution in [0.4, 0.5) is 5.69 Å². The molecule has 8 heteroatoms. The summed E-state index contributed by atoms with van der Waals surface area (Å²) in [5.41, 5.74) is 0.677. The number of hydrogen-bond donors (Lipinski definition) is 1. The summed E-state index contributed by atoms with van der Waals surface area (Å²) >= 11 is 12.1. The van der Waals surface area contributed by atoms with Gasteiger partial charge in [0.25, 0.3) is 0 Å². The van der Waals surface area contributed by atoms with Gasteiger partial charge in [0, 0.05) is 39.3 Å². The van der Waals surface area contributed by atoms with E-state index < -0.39 is 0 Å². The van der Waals surface area contributed by atoms with Crippen molar-refractivity contribution < 1.29 is 0 Å². The number of nitrogens with zero attached hydrogens (tertiary/aromatic N) is 5. The Balaban J connectivity index is 1.57. The number of nitrogens with one attached hydrogen (secondary N) is 1. The van der Waals surface area contributed by atoms with Gasteiger partial charge >= 0.3 is 0 Å². The number of piperazine rings is 1. The van der Waals surface area contributed by atoms with Crippen LogP contribution in [0.2, 0.25) is 10.0 Å². The molecule has 0 radical (unpaired) electrons. The van der Waals surface area contributed by atoms with Gasteiger partial charge in [0.05, 0.1) is 15.7 Å². The number of piperidine rings is 1. The molecular formula is C20H28Cl2N6. The van der Waals surface area contributed by atoms with Crippen molar-refractivity contribution in [3.63, 3.8) is 0 Å². The zero-order valence-corrected chi connectivity index (χ0v) is 17.9. The maximum absolute atomic E-state index is 9.13. The fourth-order valence-corrected chi connectivity index (χ4v) is 4.29. The van der Waals surface area contributed by atoms with Gasteiger partial charge in [-0.15, -0.1) is 0 Å². The summed E-state index contributed by atoms with van der Waals surface area (Å²) < 4.78 is 0. The summed E-state index contributed by atoms with van der Waals surface area (Å²) in [6.45, 7) is 10.7. The van der Waals surface area contributed by atoms with Gasteiger partial charge in [-0.2, -0.15) is 5.26 Å². The molecule has 2 fully saturated rings. The first kappa shape index (κ1) is 21.2. The molecule has 0 amide bonds. The highest BCUT2D eigenvalue weighted by Gasteiger charge is 2.25. The van der Waals surface area contributed by atoms with Crippen LogP contribution in [0.1, 0.15) is 19.8 Å². The molecule has 2 saturated heterocycles. The highest BCUT2D eigenvalue weighted by molar-refractivity contribution is 6.42. The smallest absolute Gasteiger partial charge is 0.212 e. The normalized spacial score (nSPS) is 22.1. The SMILES string of the molecule is CCN1CCC[C@@H](CN2CCN(C(=Nc3ccc(Cl)c(Cl)c3)NC#N)CC2)C1. The van der Waals surface area contributed by atoms with Crippen molar-refractivity contribution in [3.05, 3.63) is 28.2 Å². The van der Waals surface area contributed by atoms with Crippen LogP contribution < -0.4 is 5.32 Å². The van der Waals surface area contributed by atoms with Gasteiger partial charge in [-0.25, -0.2) is 4.99 Å². The summed E-state index contributed by atoms with van der Waals surface area (Å²) in [7, 11) is 0.